The largest absolute Gasteiger partial charge is 0.497 e. The fraction of sp³-hybridized carbons (Fsp3) is 0.133. The molecule has 0 atom stereocenters. The highest BCUT2D eigenvalue weighted by Gasteiger charge is 2.16. The number of nitrogens with zero attached hydrogens (tertiary/aromatic N) is 3. The highest BCUT2D eigenvalue weighted by molar-refractivity contribution is 6.00. The van der Waals surface area contributed by atoms with Gasteiger partial charge >= 0.3 is 0 Å². The van der Waals surface area contributed by atoms with Crippen molar-refractivity contribution in [3.8, 4) is 11.5 Å². The van der Waals surface area contributed by atoms with Crippen molar-refractivity contribution >= 4 is 16.9 Å². The SMILES string of the molecule is COc1cc(OC)cc(C(=O)n2nnc3ccccc32)c1. The fourth-order valence-corrected chi connectivity index (χ4v) is 2.07. The standard InChI is InChI=1S/C15H13N3O3/c1-20-11-7-10(8-12(9-11)21-2)15(19)18-14-6-4-3-5-13(14)16-17-18/h3-9H,1-2H3. The second kappa shape index (κ2) is 5.24. The summed E-state index contributed by atoms with van der Waals surface area (Å²) in [6.07, 6.45) is 0. The molecule has 0 N–H and O–H groups in total. The first-order valence-electron chi connectivity index (χ1n) is 6.31. The number of hydrogen-bond acceptors (Lipinski definition) is 5. The molecular weight excluding hydrogens is 270 g/mol. The number of fused-ring (bicyclic) bond motifs is 1. The van der Waals surface area contributed by atoms with Crippen LogP contribution in [0.2, 0.25) is 0 Å². The molecule has 1 aromatic heterocycles. The summed E-state index contributed by atoms with van der Waals surface area (Å²) in [6.45, 7) is 0. The van der Waals surface area contributed by atoms with Gasteiger partial charge < -0.3 is 9.47 Å². The van der Waals surface area contributed by atoms with Gasteiger partial charge in [0, 0.05) is 11.6 Å². The van der Waals surface area contributed by atoms with Crippen LogP contribution in [0.25, 0.3) is 11.0 Å². The molecule has 0 aliphatic carbocycles. The average Bonchev–Trinajstić information content (AvgIpc) is 2.97. The molecule has 21 heavy (non-hydrogen) atoms. The Hall–Kier alpha value is -2.89. The number of aromatic nitrogens is 3. The molecule has 0 aliphatic heterocycles. The fourth-order valence-electron chi connectivity index (χ4n) is 2.07. The minimum atomic E-state index is -0.291. The van der Waals surface area contributed by atoms with Gasteiger partial charge in [-0.3, -0.25) is 4.79 Å². The molecule has 0 spiro atoms. The average molecular weight is 283 g/mol. The third-order valence-electron chi connectivity index (χ3n) is 3.14. The third-order valence-corrected chi connectivity index (χ3v) is 3.14. The second-order valence-electron chi connectivity index (χ2n) is 4.40. The number of methoxy groups -OCH3 is 2. The quantitative estimate of drug-likeness (QED) is 0.736. The van der Waals surface area contributed by atoms with E-state index in [4.69, 9.17) is 9.47 Å². The van der Waals surface area contributed by atoms with Gasteiger partial charge in [-0.15, -0.1) is 5.10 Å². The van der Waals surface area contributed by atoms with Crippen molar-refractivity contribution in [3.05, 3.63) is 48.0 Å². The van der Waals surface area contributed by atoms with Gasteiger partial charge in [-0.05, 0) is 24.3 Å². The van der Waals surface area contributed by atoms with Crippen LogP contribution in [0.3, 0.4) is 0 Å². The van der Waals surface area contributed by atoms with Gasteiger partial charge in [0.1, 0.15) is 17.0 Å². The van der Waals surface area contributed by atoms with Crippen molar-refractivity contribution in [1.29, 1.82) is 0 Å². The Balaban J connectivity index is 2.09. The molecule has 3 rings (SSSR count). The van der Waals surface area contributed by atoms with Crippen molar-refractivity contribution < 1.29 is 14.3 Å². The molecule has 1 heterocycles. The summed E-state index contributed by atoms with van der Waals surface area (Å²) in [4.78, 5) is 12.6. The molecule has 0 saturated heterocycles. The molecule has 2 aromatic carbocycles. The highest BCUT2D eigenvalue weighted by Crippen LogP contribution is 2.23. The Morgan fingerprint density at radius 3 is 2.38 bits per heavy atom. The maximum absolute atomic E-state index is 12.6. The molecule has 0 unspecified atom stereocenters. The number of benzene rings is 2. The van der Waals surface area contributed by atoms with Gasteiger partial charge in [0.2, 0.25) is 0 Å². The van der Waals surface area contributed by atoms with Crippen LogP contribution in [0.4, 0.5) is 0 Å². The molecule has 0 saturated carbocycles. The predicted octanol–water partition coefficient (Wildman–Crippen LogP) is 2.14. The zero-order chi connectivity index (χ0) is 14.8. The first-order valence-corrected chi connectivity index (χ1v) is 6.31. The zero-order valence-electron chi connectivity index (χ0n) is 11.6. The van der Waals surface area contributed by atoms with Crippen molar-refractivity contribution in [1.82, 2.24) is 15.0 Å². The van der Waals surface area contributed by atoms with E-state index in [0.29, 0.717) is 28.1 Å². The Kier molecular flexibility index (Phi) is 3.27. The minimum Gasteiger partial charge on any atom is -0.497 e. The first kappa shape index (κ1) is 13.1. The van der Waals surface area contributed by atoms with Crippen LogP contribution in [-0.4, -0.2) is 35.1 Å². The molecule has 0 bridgehead atoms. The van der Waals surface area contributed by atoms with E-state index in [1.165, 1.54) is 18.9 Å². The van der Waals surface area contributed by atoms with Crippen molar-refractivity contribution in [2.45, 2.75) is 0 Å². The van der Waals surface area contributed by atoms with Gasteiger partial charge in [-0.1, -0.05) is 17.3 Å². The lowest BCUT2D eigenvalue weighted by Gasteiger charge is -2.07. The van der Waals surface area contributed by atoms with Gasteiger partial charge in [0.25, 0.3) is 5.91 Å². The van der Waals surface area contributed by atoms with Crippen LogP contribution in [0.1, 0.15) is 10.4 Å². The van der Waals surface area contributed by atoms with Gasteiger partial charge in [-0.2, -0.15) is 4.68 Å². The summed E-state index contributed by atoms with van der Waals surface area (Å²) < 4.78 is 11.6. The van der Waals surface area contributed by atoms with E-state index in [9.17, 15) is 4.79 Å². The highest BCUT2D eigenvalue weighted by atomic mass is 16.5. The third kappa shape index (κ3) is 2.31. The van der Waals surface area contributed by atoms with Crippen molar-refractivity contribution in [2.24, 2.45) is 0 Å². The van der Waals surface area contributed by atoms with Crippen LogP contribution in [0.5, 0.6) is 11.5 Å². The van der Waals surface area contributed by atoms with E-state index < -0.39 is 0 Å². The normalized spacial score (nSPS) is 10.6. The van der Waals surface area contributed by atoms with Gasteiger partial charge in [-0.25, -0.2) is 0 Å². The van der Waals surface area contributed by atoms with Crippen LogP contribution in [-0.2, 0) is 0 Å². The van der Waals surface area contributed by atoms with Crippen LogP contribution in [0, 0.1) is 0 Å². The van der Waals surface area contributed by atoms with E-state index in [-0.39, 0.29) is 5.91 Å². The second-order valence-corrected chi connectivity index (χ2v) is 4.40. The number of carbonyl (C=O) groups is 1. The Bertz CT molecular complexity index is 789. The molecule has 0 amide bonds. The van der Waals surface area contributed by atoms with Gasteiger partial charge in [0.15, 0.2) is 0 Å². The lowest BCUT2D eigenvalue weighted by atomic mass is 10.2. The number of rotatable bonds is 3. The molecule has 0 radical (unpaired) electrons. The lowest BCUT2D eigenvalue weighted by molar-refractivity contribution is 0.0947. The maximum Gasteiger partial charge on any atom is 0.280 e. The van der Waals surface area contributed by atoms with Crippen LogP contribution in [0.15, 0.2) is 42.5 Å². The lowest BCUT2D eigenvalue weighted by Crippen LogP contribution is -2.14. The van der Waals surface area contributed by atoms with Crippen molar-refractivity contribution in [2.75, 3.05) is 14.2 Å². The summed E-state index contributed by atoms with van der Waals surface area (Å²) in [7, 11) is 3.07. The van der Waals surface area contributed by atoms with E-state index in [2.05, 4.69) is 10.3 Å². The molecule has 0 fully saturated rings. The molecule has 3 aromatic rings. The van der Waals surface area contributed by atoms with Gasteiger partial charge in [0.05, 0.1) is 19.7 Å². The van der Waals surface area contributed by atoms with E-state index >= 15 is 0 Å². The molecule has 6 nitrogen and oxygen atoms in total. The van der Waals surface area contributed by atoms with Crippen LogP contribution < -0.4 is 9.47 Å². The number of hydrogen-bond donors (Lipinski definition) is 0. The predicted molar refractivity (Wildman–Crippen MR) is 76.8 cm³/mol. The summed E-state index contributed by atoms with van der Waals surface area (Å²) in [6, 6.07) is 12.3. The summed E-state index contributed by atoms with van der Waals surface area (Å²) in [5.74, 6) is 0.796. The topological polar surface area (TPSA) is 66.2 Å². The number of para-hydroxylation sites is 1. The molecule has 106 valence electrons. The summed E-state index contributed by atoms with van der Waals surface area (Å²) >= 11 is 0. The summed E-state index contributed by atoms with van der Waals surface area (Å²) in [5, 5.41) is 7.90. The Labute approximate surface area is 120 Å². The molecule has 0 aliphatic rings. The summed E-state index contributed by atoms with van der Waals surface area (Å²) in [5.41, 5.74) is 1.74. The van der Waals surface area contributed by atoms with E-state index in [0.717, 1.165) is 0 Å². The zero-order valence-corrected chi connectivity index (χ0v) is 11.6. The van der Waals surface area contributed by atoms with E-state index in [1.54, 1.807) is 30.3 Å². The smallest absolute Gasteiger partial charge is 0.280 e. The maximum atomic E-state index is 12.6. The number of ether oxygens (including phenoxy) is 2. The molecular formula is C15H13N3O3. The Morgan fingerprint density at radius 1 is 1.05 bits per heavy atom. The molecule has 6 heteroatoms. The minimum absolute atomic E-state index is 0.291. The van der Waals surface area contributed by atoms with Crippen LogP contribution >= 0.6 is 0 Å². The first-order chi connectivity index (χ1) is 10.2. The van der Waals surface area contributed by atoms with Crippen molar-refractivity contribution in [3.63, 3.8) is 0 Å². The Morgan fingerprint density at radius 2 is 1.71 bits per heavy atom. The van der Waals surface area contributed by atoms with E-state index in [1.807, 2.05) is 12.1 Å². The monoisotopic (exact) mass is 283 g/mol. The number of carbonyl (C=O) groups excluding carboxylic acids is 1.